The van der Waals surface area contributed by atoms with Gasteiger partial charge in [-0.3, -0.25) is 10.1 Å². The van der Waals surface area contributed by atoms with Crippen LogP contribution in [0.4, 0.5) is 11.4 Å². The summed E-state index contributed by atoms with van der Waals surface area (Å²) in [5, 5.41) is 14.2. The van der Waals surface area contributed by atoms with Gasteiger partial charge in [0.25, 0.3) is 5.69 Å². The molecule has 0 amide bonds. The van der Waals surface area contributed by atoms with Crippen molar-refractivity contribution in [1.29, 1.82) is 0 Å². The molecule has 1 N–H and O–H groups in total. The number of rotatable bonds is 3. The summed E-state index contributed by atoms with van der Waals surface area (Å²) >= 11 is 0. The zero-order valence-electron chi connectivity index (χ0n) is 11.7. The third-order valence-corrected chi connectivity index (χ3v) is 3.25. The molecule has 1 aliphatic rings. The average molecular weight is 263 g/mol. The molecule has 0 aliphatic carbocycles. The van der Waals surface area contributed by atoms with Gasteiger partial charge in [0.05, 0.1) is 4.92 Å². The molecule has 1 heterocycles. The van der Waals surface area contributed by atoms with Crippen LogP contribution in [-0.2, 0) is 0 Å². The van der Waals surface area contributed by atoms with E-state index in [2.05, 4.69) is 31.0 Å². The second-order valence-corrected chi connectivity index (χ2v) is 6.10. The Hall–Kier alpha value is -1.62. The summed E-state index contributed by atoms with van der Waals surface area (Å²) < 4.78 is 0. The van der Waals surface area contributed by atoms with Gasteiger partial charge in [0.15, 0.2) is 0 Å². The zero-order chi connectivity index (χ0) is 14.0. The Morgan fingerprint density at radius 1 is 1.32 bits per heavy atom. The number of nitrogens with one attached hydrogen (secondary N) is 1. The molecule has 0 radical (unpaired) electrons. The number of benzene rings is 1. The van der Waals surface area contributed by atoms with E-state index in [1.54, 1.807) is 12.1 Å². The number of nitrogens with zero attached hydrogens (tertiary/aromatic N) is 2. The van der Waals surface area contributed by atoms with E-state index in [1.165, 1.54) is 0 Å². The lowest BCUT2D eigenvalue weighted by atomic mass is 10.1. The largest absolute Gasteiger partial charge is 0.370 e. The van der Waals surface area contributed by atoms with Gasteiger partial charge in [-0.25, -0.2) is 0 Å². The highest BCUT2D eigenvalue weighted by molar-refractivity contribution is 5.51. The van der Waals surface area contributed by atoms with Crippen molar-refractivity contribution in [3.63, 3.8) is 0 Å². The molecule has 1 saturated heterocycles. The molecule has 0 aromatic heterocycles. The summed E-state index contributed by atoms with van der Waals surface area (Å²) in [5.74, 6) is 0. The summed E-state index contributed by atoms with van der Waals surface area (Å²) in [5.41, 5.74) is 1.33. The lowest BCUT2D eigenvalue weighted by Crippen LogP contribution is -2.44. The molecule has 1 aromatic carbocycles. The first-order valence-electron chi connectivity index (χ1n) is 6.62. The van der Waals surface area contributed by atoms with Crippen LogP contribution in [0.15, 0.2) is 24.3 Å². The van der Waals surface area contributed by atoms with Gasteiger partial charge < -0.3 is 10.2 Å². The van der Waals surface area contributed by atoms with Gasteiger partial charge in [-0.2, -0.15) is 0 Å². The predicted molar refractivity (Wildman–Crippen MR) is 76.6 cm³/mol. The predicted octanol–water partition coefficient (Wildman–Crippen LogP) is 2.56. The van der Waals surface area contributed by atoms with Gasteiger partial charge in [-0.15, -0.1) is 0 Å². The number of anilines is 1. The average Bonchev–Trinajstić information content (AvgIpc) is 2.75. The Labute approximate surface area is 113 Å². The molecule has 1 aromatic rings. The van der Waals surface area contributed by atoms with Crippen LogP contribution in [0.2, 0.25) is 0 Å². The van der Waals surface area contributed by atoms with Crippen LogP contribution in [0.25, 0.3) is 0 Å². The fourth-order valence-corrected chi connectivity index (χ4v) is 2.51. The van der Waals surface area contributed by atoms with Gasteiger partial charge in [-0.1, -0.05) is 0 Å². The first kappa shape index (κ1) is 13.8. The van der Waals surface area contributed by atoms with Crippen LogP contribution in [0, 0.1) is 10.1 Å². The lowest BCUT2D eigenvalue weighted by molar-refractivity contribution is -0.384. The maximum atomic E-state index is 10.6. The fourth-order valence-electron chi connectivity index (χ4n) is 2.51. The Balaban J connectivity index is 1.99. The monoisotopic (exact) mass is 263 g/mol. The molecule has 2 rings (SSSR count). The molecule has 0 saturated carbocycles. The van der Waals surface area contributed by atoms with E-state index in [0.717, 1.165) is 25.2 Å². The first-order valence-corrected chi connectivity index (χ1v) is 6.62. The summed E-state index contributed by atoms with van der Waals surface area (Å²) in [7, 11) is 0. The van der Waals surface area contributed by atoms with E-state index in [0.29, 0.717) is 6.04 Å². The maximum absolute atomic E-state index is 10.6. The highest BCUT2D eigenvalue weighted by Crippen LogP contribution is 2.23. The van der Waals surface area contributed by atoms with Crippen molar-refractivity contribution in [3.8, 4) is 0 Å². The molecule has 19 heavy (non-hydrogen) atoms. The van der Waals surface area contributed by atoms with Crippen molar-refractivity contribution in [2.45, 2.75) is 38.8 Å². The van der Waals surface area contributed by atoms with Crippen LogP contribution in [0.5, 0.6) is 0 Å². The van der Waals surface area contributed by atoms with Crippen LogP contribution >= 0.6 is 0 Å². The minimum Gasteiger partial charge on any atom is -0.370 e. The van der Waals surface area contributed by atoms with Crippen molar-refractivity contribution in [2.24, 2.45) is 0 Å². The molecule has 0 bridgehead atoms. The van der Waals surface area contributed by atoms with Crippen molar-refractivity contribution >= 4 is 11.4 Å². The number of nitro benzene ring substituents is 1. The molecule has 1 fully saturated rings. The molecule has 5 heteroatoms. The minimum absolute atomic E-state index is 0.121. The highest BCUT2D eigenvalue weighted by atomic mass is 16.6. The van der Waals surface area contributed by atoms with Crippen LogP contribution < -0.4 is 10.2 Å². The summed E-state index contributed by atoms with van der Waals surface area (Å²) in [4.78, 5) is 12.5. The van der Waals surface area contributed by atoms with Gasteiger partial charge in [0.1, 0.15) is 0 Å². The molecule has 0 spiro atoms. The van der Waals surface area contributed by atoms with E-state index in [4.69, 9.17) is 0 Å². The maximum Gasteiger partial charge on any atom is 0.269 e. The van der Waals surface area contributed by atoms with Gasteiger partial charge >= 0.3 is 0 Å². The minimum atomic E-state index is -0.363. The molecular weight excluding hydrogens is 242 g/mol. The summed E-state index contributed by atoms with van der Waals surface area (Å²) in [6.07, 6.45) is 1.11. The number of non-ortho nitro benzene ring substituents is 1. The Morgan fingerprint density at radius 2 is 1.95 bits per heavy atom. The first-order chi connectivity index (χ1) is 8.85. The molecule has 5 nitrogen and oxygen atoms in total. The van der Waals surface area contributed by atoms with E-state index in [-0.39, 0.29) is 16.1 Å². The Bertz CT molecular complexity index is 451. The number of hydrogen-bond donors (Lipinski definition) is 1. The van der Waals surface area contributed by atoms with Crippen molar-refractivity contribution in [3.05, 3.63) is 34.4 Å². The van der Waals surface area contributed by atoms with Gasteiger partial charge in [-0.05, 0) is 39.3 Å². The van der Waals surface area contributed by atoms with Gasteiger partial charge in [0, 0.05) is 42.5 Å². The molecule has 1 atom stereocenters. The van der Waals surface area contributed by atoms with E-state index < -0.39 is 0 Å². The van der Waals surface area contributed by atoms with Gasteiger partial charge in [0.2, 0.25) is 0 Å². The van der Waals surface area contributed by atoms with E-state index >= 15 is 0 Å². The van der Waals surface area contributed by atoms with Crippen LogP contribution in [0.3, 0.4) is 0 Å². The topological polar surface area (TPSA) is 58.4 Å². The Kier molecular flexibility index (Phi) is 3.75. The Morgan fingerprint density at radius 3 is 2.47 bits per heavy atom. The zero-order valence-corrected chi connectivity index (χ0v) is 11.7. The molecular formula is C14H21N3O2. The van der Waals surface area contributed by atoms with E-state index in [1.807, 2.05) is 12.1 Å². The number of hydrogen-bond acceptors (Lipinski definition) is 4. The van der Waals surface area contributed by atoms with Crippen molar-refractivity contribution < 1.29 is 4.92 Å². The highest BCUT2D eigenvalue weighted by Gasteiger charge is 2.26. The number of nitro groups is 1. The molecule has 1 aliphatic heterocycles. The van der Waals surface area contributed by atoms with Crippen LogP contribution in [0.1, 0.15) is 27.2 Å². The quantitative estimate of drug-likeness (QED) is 0.672. The van der Waals surface area contributed by atoms with Crippen molar-refractivity contribution in [2.75, 3.05) is 18.0 Å². The van der Waals surface area contributed by atoms with Crippen LogP contribution in [-0.4, -0.2) is 29.6 Å². The summed E-state index contributed by atoms with van der Waals surface area (Å²) in [6.45, 7) is 8.45. The smallest absolute Gasteiger partial charge is 0.269 e. The SMILES string of the molecule is CC(C)(C)NC1CCN(c2ccc([N+](=O)[O-])cc2)C1. The molecule has 1 unspecified atom stereocenters. The summed E-state index contributed by atoms with van der Waals surface area (Å²) in [6, 6.07) is 7.28. The third kappa shape index (κ3) is 3.67. The lowest BCUT2D eigenvalue weighted by Gasteiger charge is -2.26. The second-order valence-electron chi connectivity index (χ2n) is 6.10. The molecule has 104 valence electrons. The fraction of sp³-hybridized carbons (Fsp3) is 0.571. The third-order valence-electron chi connectivity index (χ3n) is 3.25. The normalized spacial score (nSPS) is 19.7. The van der Waals surface area contributed by atoms with Crippen molar-refractivity contribution in [1.82, 2.24) is 5.32 Å². The van der Waals surface area contributed by atoms with E-state index in [9.17, 15) is 10.1 Å². The standard InChI is InChI=1S/C14H21N3O2/c1-14(2,3)15-11-8-9-16(10-11)12-4-6-13(7-5-12)17(18)19/h4-7,11,15H,8-10H2,1-3H3. The second kappa shape index (κ2) is 5.17.